The number of halogens is 1. The summed E-state index contributed by atoms with van der Waals surface area (Å²) in [5.41, 5.74) is 3.94. The van der Waals surface area contributed by atoms with Crippen LogP contribution in [0.5, 0.6) is 11.5 Å². The average molecular weight is 525 g/mol. The summed E-state index contributed by atoms with van der Waals surface area (Å²) in [7, 11) is 1.83. The van der Waals surface area contributed by atoms with Gasteiger partial charge in [-0.25, -0.2) is 0 Å². The van der Waals surface area contributed by atoms with Crippen LogP contribution in [0.2, 0.25) is 0 Å². The molecule has 0 spiro atoms. The molecule has 0 radical (unpaired) electrons. The van der Waals surface area contributed by atoms with Crippen molar-refractivity contribution in [2.24, 2.45) is 0 Å². The monoisotopic (exact) mass is 525 g/mol. The maximum atomic E-state index is 12.6. The van der Waals surface area contributed by atoms with Crippen LogP contribution in [0.4, 0.5) is 0 Å². The van der Waals surface area contributed by atoms with E-state index in [1.807, 2.05) is 18.8 Å². The number of nitrogens with zero attached hydrogens (tertiary/aromatic N) is 3. The Morgan fingerprint density at radius 2 is 1.89 bits per heavy atom. The van der Waals surface area contributed by atoms with Gasteiger partial charge in [0.25, 0.3) is 0 Å². The van der Waals surface area contributed by atoms with Gasteiger partial charge in [0.1, 0.15) is 11.5 Å². The van der Waals surface area contributed by atoms with E-state index in [0.29, 0.717) is 21.9 Å². The second-order valence-corrected chi connectivity index (χ2v) is 6.74. The molecule has 0 aliphatic rings. The Balaban J connectivity index is 0.00000118. The Morgan fingerprint density at radius 1 is 1.19 bits per heavy atom. The first kappa shape index (κ1) is 25.0. The third-order valence-corrected chi connectivity index (χ3v) is 4.96. The van der Waals surface area contributed by atoms with E-state index in [-0.39, 0.29) is 57.1 Å². The summed E-state index contributed by atoms with van der Waals surface area (Å²) < 4.78 is 23.2. The van der Waals surface area contributed by atoms with Crippen LogP contribution in [-0.2, 0) is 16.6 Å². The predicted molar refractivity (Wildman–Crippen MR) is 112 cm³/mol. The van der Waals surface area contributed by atoms with E-state index in [1.165, 1.54) is 0 Å². The van der Waals surface area contributed by atoms with Gasteiger partial charge in [0, 0.05) is 22.5 Å². The van der Waals surface area contributed by atoms with Gasteiger partial charge in [-0.1, -0.05) is 28.7 Å². The van der Waals surface area contributed by atoms with E-state index in [0.717, 1.165) is 22.6 Å². The van der Waals surface area contributed by atoms with Crippen LogP contribution in [0.15, 0.2) is 29.6 Å². The minimum atomic E-state index is -1.38. The fraction of sp³-hybridized carbons (Fsp3) is 0.333. The number of pyridine rings is 1. The normalized spacial score (nSPS) is 11.2. The van der Waals surface area contributed by atoms with Crippen molar-refractivity contribution < 1.29 is 65.1 Å². The third kappa shape index (κ3) is 5.97. The summed E-state index contributed by atoms with van der Waals surface area (Å²) in [5.74, 6) is 1.71. The predicted octanol–water partition coefficient (Wildman–Crippen LogP) is 0.584. The zero-order valence-electron chi connectivity index (χ0n) is 16.4. The Kier molecular flexibility index (Phi) is 11.0. The minimum Gasteiger partial charge on any atom is -0.497 e. The van der Waals surface area contributed by atoms with E-state index in [2.05, 4.69) is 37.5 Å². The molecule has 0 aliphatic carbocycles. The Bertz CT molecular complexity index is 934. The molecule has 0 saturated carbocycles. The third-order valence-electron chi connectivity index (χ3n) is 3.84. The van der Waals surface area contributed by atoms with Crippen LogP contribution >= 0.6 is 22.6 Å². The standard InChI is InChI=1S/C17H18N3O3S.CH3I.K/c1-10-8-18-15(11(2)16(10)23-4)9-24(21)17-19-13-6-5-12(22-3)7-14(13)20-17;1-2;/h5-8H,9H2,1-4H3;1H3;/q-1;;+1/t24-;;/m0../s1. The average Bonchev–Trinajstić information content (AvgIpc) is 3.09. The molecular weight excluding hydrogens is 504 g/mol. The number of hydrogen-bond acceptors (Lipinski definition) is 5. The zero-order valence-corrected chi connectivity index (χ0v) is 22.5. The van der Waals surface area contributed by atoms with Gasteiger partial charge in [0.05, 0.1) is 36.5 Å². The molecular formula is C18H21IKN3O3S. The van der Waals surface area contributed by atoms with Gasteiger partial charge in [0.15, 0.2) is 0 Å². The van der Waals surface area contributed by atoms with Gasteiger partial charge >= 0.3 is 51.4 Å². The number of benzene rings is 1. The van der Waals surface area contributed by atoms with Crippen molar-refractivity contribution in [3.63, 3.8) is 0 Å². The van der Waals surface area contributed by atoms with Crippen LogP contribution in [0, 0.1) is 13.8 Å². The van der Waals surface area contributed by atoms with Crippen LogP contribution in [-0.4, -0.2) is 33.3 Å². The first-order valence-corrected chi connectivity index (χ1v) is 11.2. The molecule has 0 N–H and O–H groups in total. The summed E-state index contributed by atoms with van der Waals surface area (Å²) in [6.07, 6.45) is 1.73. The molecule has 3 rings (SSSR count). The summed E-state index contributed by atoms with van der Waals surface area (Å²) in [5, 5.41) is 0.305. The fourth-order valence-corrected chi connectivity index (χ4v) is 3.62. The van der Waals surface area contributed by atoms with Crippen molar-refractivity contribution >= 4 is 44.4 Å². The van der Waals surface area contributed by atoms with Gasteiger partial charge < -0.3 is 19.4 Å². The second kappa shape index (κ2) is 11.8. The Hall–Kier alpha value is -0.0436. The van der Waals surface area contributed by atoms with E-state index in [4.69, 9.17) is 9.47 Å². The van der Waals surface area contributed by atoms with Gasteiger partial charge in [-0.2, -0.15) is 0 Å². The number of fused-ring (bicyclic) bond motifs is 1. The van der Waals surface area contributed by atoms with Crippen molar-refractivity contribution in [1.29, 1.82) is 0 Å². The van der Waals surface area contributed by atoms with E-state index >= 15 is 0 Å². The quantitative estimate of drug-likeness (QED) is 0.276. The Labute approximate surface area is 218 Å². The summed E-state index contributed by atoms with van der Waals surface area (Å²) >= 11 is 2.15. The number of alkyl halides is 1. The molecule has 3 aromatic rings. The summed E-state index contributed by atoms with van der Waals surface area (Å²) in [6, 6.07) is 5.39. The molecule has 1 aromatic carbocycles. The molecule has 0 bridgehead atoms. The molecule has 27 heavy (non-hydrogen) atoms. The molecule has 140 valence electrons. The number of aromatic nitrogens is 3. The van der Waals surface area contributed by atoms with Crippen LogP contribution in [0.1, 0.15) is 16.8 Å². The van der Waals surface area contributed by atoms with Gasteiger partial charge in [-0.05, 0) is 41.9 Å². The minimum absolute atomic E-state index is 0. The van der Waals surface area contributed by atoms with Gasteiger partial charge in [-0.15, -0.1) is 0 Å². The molecule has 9 heteroatoms. The molecule has 0 fully saturated rings. The largest absolute Gasteiger partial charge is 1.00 e. The molecule has 0 unspecified atom stereocenters. The maximum absolute atomic E-state index is 12.6. The van der Waals surface area contributed by atoms with Crippen LogP contribution in [0.3, 0.4) is 0 Å². The van der Waals surface area contributed by atoms with E-state index in [9.17, 15) is 4.21 Å². The van der Waals surface area contributed by atoms with Crippen molar-refractivity contribution in [2.75, 3.05) is 19.2 Å². The number of methoxy groups -OCH3 is 2. The van der Waals surface area contributed by atoms with E-state index in [1.54, 1.807) is 38.6 Å². The second-order valence-electron chi connectivity index (χ2n) is 5.40. The number of imidazole rings is 1. The molecule has 2 heterocycles. The molecule has 0 amide bonds. The summed E-state index contributed by atoms with van der Waals surface area (Å²) in [4.78, 5) is 15.1. The smallest absolute Gasteiger partial charge is 0.497 e. The topological polar surface area (TPSA) is 75.4 Å². The van der Waals surface area contributed by atoms with E-state index < -0.39 is 10.8 Å². The first-order chi connectivity index (χ1) is 12.5. The van der Waals surface area contributed by atoms with Crippen molar-refractivity contribution in [2.45, 2.75) is 24.8 Å². The number of aryl methyl sites for hydroxylation is 1. The number of rotatable bonds is 5. The molecule has 6 nitrogen and oxygen atoms in total. The van der Waals surface area contributed by atoms with Gasteiger partial charge in [0.2, 0.25) is 0 Å². The van der Waals surface area contributed by atoms with Crippen molar-refractivity contribution in [3.8, 4) is 11.5 Å². The fourth-order valence-electron chi connectivity index (χ4n) is 2.55. The maximum Gasteiger partial charge on any atom is 1.00 e. The molecule has 2 aromatic heterocycles. The van der Waals surface area contributed by atoms with Crippen LogP contribution < -0.4 is 65.8 Å². The van der Waals surface area contributed by atoms with Crippen molar-refractivity contribution in [1.82, 2.24) is 15.0 Å². The molecule has 0 aliphatic heterocycles. The van der Waals surface area contributed by atoms with Crippen LogP contribution in [0.25, 0.3) is 11.0 Å². The SMILES string of the molecule is CI.COc1ccc2[n-]c([S@@](=O)Cc3ncc(C)c(OC)c3C)nc2c1.[K+]. The molecule has 1 atom stereocenters. The van der Waals surface area contributed by atoms with Gasteiger partial charge in [-0.3, -0.25) is 9.19 Å². The van der Waals surface area contributed by atoms with Crippen molar-refractivity contribution in [3.05, 3.63) is 41.2 Å². The number of ether oxygens (including phenoxy) is 2. The zero-order chi connectivity index (χ0) is 19.3. The summed E-state index contributed by atoms with van der Waals surface area (Å²) in [6.45, 7) is 3.85. The molecule has 0 saturated heterocycles. The Morgan fingerprint density at radius 3 is 2.52 bits per heavy atom. The first-order valence-electron chi connectivity index (χ1n) is 7.77. The number of hydrogen-bond donors (Lipinski definition) is 0.